The van der Waals surface area contributed by atoms with Crippen LogP contribution < -0.4 is 0 Å². The number of aryl methyl sites for hydroxylation is 2. The largest absolute Gasteiger partial charge is 0.465 e. The smallest absolute Gasteiger partial charge is 0.415 e. The standard InChI is InChI=1S/C26H25N7O3/c1-6-32-22(17-11-27-15(4)28-12-17)31-21-20(29-13-30-23(21)32)16-7-8-18-19(9-16)26(5,10-14(2)3)33(24(18)34)25(35)36/h7-9,11-13H,2,6,10H2,1,3-5H3,(H,35,36). The lowest BCUT2D eigenvalue weighted by atomic mass is 9.85. The van der Waals surface area contributed by atoms with Crippen LogP contribution in [-0.2, 0) is 12.1 Å². The first-order chi connectivity index (χ1) is 17.2. The zero-order chi connectivity index (χ0) is 25.8. The number of carbonyl (C=O) groups excluding carboxylic acids is 1. The van der Waals surface area contributed by atoms with Crippen molar-refractivity contribution in [1.29, 1.82) is 0 Å². The summed E-state index contributed by atoms with van der Waals surface area (Å²) in [4.78, 5) is 48.5. The molecule has 1 N–H and O–H groups in total. The van der Waals surface area contributed by atoms with Crippen molar-refractivity contribution in [2.75, 3.05) is 0 Å². The molecular formula is C26H25N7O3. The molecule has 10 heteroatoms. The van der Waals surface area contributed by atoms with E-state index in [-0.39, 0.29) is 0 Å². The van der Waals surface area contributed by atoms with Gasteiger partial charge in [-0.15, -0.1) is 6.58 Å². The molecule has 1 unspecified atom stereocenters. The first-order valence-electron chi connectivity index (χ1n) is 11.5. The highest BCUT2D eigenvalue weighted by Crippen LogP contribution is 2.44. The van der Waals surface area contributed by atoms with E-state index in [4.69, 9.17) is 4.98 Å². The van der Waals surface area contributed by atoms with Crippen LogP contribution in [0.5, 0.6) is 0 Å². The number of aromatic nitrogens is 6. The second-order valence-corrected chi connectivity index (χ2v) is 9.18. The zero-order valence-corrected chi connectivity index (χ0v) is 20.5. The molecule has 0 aliphatic carbocycles. The molecular weight excluding hydrogens is 458 g/mol. The van der Waals surface area contributed by atoms with Crippen LogP contribution in [-0.4, -0.2) is 51.5 Å². The molecule has 182 valence electrons. The Morgan fingerprint density at radius 1 is 1.14 bits per heavy atom. The molecule has 1 aliphatic rings. The van der Waals surface area contributed by atoms with Gasteiger partial charge in [0.1, 0.15) is 29.2 Å². The number of carbonyl (C=O) groups is 2. The van der Waals surface area contributed by atoms with Crippen molar-refractivity contribution in [2.24, 2.45) is 0 Å². The first kappa shape index (κ1) is 23.3. The fourth-order valence-corrected chi connectivity index (χ4v) is 5.02. The lowest BCUT2D eigenvalue weighted by molar-refractivity contribution is 0.0578. The molecule has 2 amide bonds. The Kier molecular flexibility index (Phi) is 5.39. The average molecular weight is 484 g/mol. The fraction of sp³-hybridized carbons (Fsp3) is 0.269. The van der Waals surface area contributed by atoms with Gasteiger partial charge in [-0.3, -0.25) is 4.79 Å². The number of hydrogen-bond acceptors (Lipinski definition) is 7. The number of nitrogens with zero attached hydrogens (tertiary/aromatic N) is 7. The second kappa shape index (κ2) is 8.33. The highest BCUT2D eigenvalue weighted by molar-refractivity contribution is 6.08. The molecule has 0 saturated carbocycles. The van der Waals surface area contributed by atoms with E-state index in [0.29, 0.717) is 58.2 Å². The van der Waals surface area contributed by atoms with Gasteiger partial charge in [0.2, 0.25) is 0 Å². The number of imidazole rings is 1. The molecule has 4 heterocycles. The van der Waals surface area contributed by atoms with Gasteiger partial charge < -0.3 is 9.67 Å². The van der Waals surface area contributed by atoms with E-state index >= 15 is 0 Å². The molecule has 0 saturated heterocycles. The monoisotopic (exact) mass is 483 g/mol. The van der Waals surface area contributed by atoms with Crippen LogP contribution in [0.3, 0.4) is 0 Å². The maximum atomic E-state index is 13.0. The molecule has 1 aliphatic heterocycles. The van der Waals surface area contributed by atoms with Crippen molar-refractivity contribution >= 4 is 23.2 Å². The number of amides is 2. The normalized spacial score (nSPS) is 17.0. The first-order valence-corrected chi connectivity index (χ1v) is 11.5. The number of benzene rings is 1. The summed E-state index contributed by atoms with van der Waals surface area (Å²) in [6.07, 6.45) is 3.96. The molecule has 1 aromatic carbocycles. The summed E-state index contributed by atoms with van der Waals surface area (Å²) in [7, 11) is 0. The van der Waals surface area contributed by atoms with Gasteiger partial charge in [0.15, 0.2) is 5.65 Å². The van der Waals surface area contributed by atoms with Crippen molar-refractivity contribution < 1.29 is 14.7 Å². The van der Waals surface area contributed by atoms with Crippen molar-refractivity contribution in [1.82, 2.24) is 34.4 Å². The minimum Gasteiger partial charge on any atom is -0.465 e. The van der Waals surface area contributed by atoms with Crippen LogP contribution in [0.4, 0.5) is 4.79 Å². The van der Waals surface area contributed by atoms with Crippen LogP contribution in [0.15, 0.2) is 49.1 Å². The summed E-state index contributed by atoms with van der Waals surface area (Å²) >= 11 is 0. The number of fused-ring (bicyclic) bond motifs is 2. The van der Waals surface area contributed by atoms with Gasteiger partial charge in [-0.05, 0) is 51.8 Å². The van der Waals surface area contributed by atoms with Gasteiger partial charge in [-0.2, -0.15) is 0 Å². The van der Waals surface area contributed by atoms with E-state index in [0.717, 1.165) is 16.0 Å². The maximum Gasteiger partial charge on any atom is 0.415 e. The maximum absolute atomic E-state index is 13.0. The minimum absolute atomic E-state index is 0.308. The van der Waals surface area contributed by atoms with Crippen molar-refractivity contribution in [3.63, 3.8) is 0 Å². The average Bonchev–Trinajstić information content (AvgIpc) is 3.31. The Bertz CT molecular complexity index is 1560. The molecule has 0 fully saturated rings. The lowest BCUT2D eigenvalue weighted by Crippen LogP contribution is -2.45. The number of carboxylic acid groups (broad SMARTS) is 1. The minimum atomic E-state index is -1.29. The topological polar surface area (TPSA) is 127 Å². The molecule has 0 spiro atoms. The lowest BCUT2D eigenvalue weighted by Gasteiger charge is -2.33. The Morgan fingerprint density at radius 3 is 2.50 bits per heavy atom. The van der Waals surface area contributed by atoms with Crippen LogP contribution in [0, 0.1) is 6.92 Å². The van der Waals surface area contributed by atoms with E-state index in [2.05, 4.69) is 26.5 Å². The third-order valence-corrected chi connectivity index (χ3v) is 6.52. The molecule has 1 atom stereocenters. The van der Waals surface area contributed by atoms with Crippen molar-refractivity contribution in [3.8, 4) is 22.6 Å². The van der Waals surface area contributed by atoms with Gasteiger partial charge >= 0.3 is 6.09 Å². The predicted molar refractivity (Wildman–Crippen MR) is 133 cm³/mol. The van der Waals surface area contributed by atoms with Crippen molar-refractivity contribution in [2.45, 2.75) is 46.2 Å². The molecule has 0 bridgehead atoms. The Hall–Kier alpha value is -4.47. The molecule has 10 nitrogen and oxygen atoms in total. The second-order valence-electron chi connectivity index (χ2n) is 9.18. The summed E-state index contributed by atoms with van der Waals surface area (Å²) in [6.45, 7) is 12.0. The van der Waals surface area contributed by atoms with E-state index in [1.165, 1.54) is 6.33 Å². The molecule has 0 radical (unpaired) electrons. The number of hydrogen-bond donors (Lipinski definition) is 1. The summed E-state index contributed by atoms with van der Waals surface area (Å²) < 4.78 is 1.97. The summed E-state index contributed by atoms with van der Waals surface area (Å²) in [6, 6.07) is 5.26. The summed E-state index contributed by atoms with van der Waals surface area (Å²) in [5.41, 5.74) is 3.96. The van der Waals surface area contributed by atoms with Crippen LogP contribution in [0.2, 0.25) is 0 Å². The van der Waals surface area contributed by atoms with Crippen LogP contribution >= 0.6 is 0 Å². The van der Waals surface area contributed by atoms with Crippen LogP contribution in [0.25, 0.3) is 33.8 Å². The van der Waals surface area contributed by atoms with Crippen LogP contribution in [0.1, 0.15) is 48.9 Å². The summed E-state index contributed by atoms with van der Waals surface area (Å²) in [5.74, 6) is 0.798. The number of rotatable bonds is 5. The fourth-order valence-electron chi connectivity index (χ4n) is 5.02. The highest BCUT2D eigenvalue weighted by Gasteiger charge is 2.49. The Morgan fingerprint density at radius 2 is 1.86 bits per heavy atom. The highest BCUT2D eigenvalue weighted by atomic mass is 16.4. The molecule has 36 heavy (non-hydrogen) atoms. The third kappa shape index (κ3) is 3.44. The van der Waals surface area contributed by atoms with E-state index in [9.17, 15) is 14.7 Å². The molecule has 4 aromatic rings. The Labute approximate surface area is 207 Å². The van der Waals surface area contributed by atoms with Crippen molar-refractivity contribution in [3.05, 3.63) is 66.0 Å². The zero-order valence-electron chi connectivity index (χ0n) is 20.5. The van der Waals surface area contributed by atoms with Gasteiger partial charge in [-0.1, -0.05) is 11.6 Å². The van der Waals surface area contributed by atoms with E-state index < -0.39 is 17.5 Å². The van der Waals surface area contributed by atoms with E-state index in [1.807, 2.05) is 31.4 Å². The third-order valence-electron chi connectivity index (χ3n) is 6.52. The van der Waals surface area contributed by atoms with Gasteiger partial charge in [0.05, 0.1) is 11.1 Å². The molecule has 5 rings (SSSR count). The SMILES string of the molecule is C=C(C)CC1(C)c2cc(-c3ncnc4c3nc(-c3cnc(C)nc3)n4CC)ccc2C(=O)N1C(=O)O. The number of imide groups is 1. The summed E-state index contributed by atoms with van der Waals surface area (Å²) in [5, 5.41) is 9.85. The van der Waals surface area contributed by atoms with E-state index in [1.54, 1.807) is 31.5 Å². The Balaban J connectivity index is 1.71. The predicted octanol–water partition coefficient (Wildman–Crippen LogP) is 4.59. The quantitative estimate of drug-likeness (QED) is 0.408. The van der Waals surface area contributed by atoms with Gasteiger partial charge in [0, 0.05) is 30.1 Å². The molecule has 3 aromatic heterocycles. The van der Waals surface area contributed by atoms with Gasteiger partial charge in [0.25, 0.3) is 5.91 Å². The van der Waals surface area contributed by atoms with Gasteiger partial charge in [-0.25, -0.2) is 34.6 Å².